The monoisotopic (exact) mass is 402 g/mol. The Hall–Kier alpha value is -3.33. The van der Waals surface area contributed by atoms with Crippen molar-refractivity contribution in [3.05, 3.63) is 65.9 Å². The number of anilines is 1. The van der Waals surface area contributed by atoms with Gasteiger partial charge < -0.3 is 14.0 Å². The summed E-state index contributed by atoms with van der Waals surface area (Å²) in [6.45, 7) is -0.120. The Morgan fingerprint density at radius 1 is 1.14 bits per heavy atom. The number of sulfonamides is 1. The summed E-state index contributed by atoms with van der Waals surface area (Å²) in [6.07, 6.45) is 1.03. The van der Waals surface area contributed by atoms with Crippen molar-refractivity contribution in [2.75, 3.05) is 18.1 Å². The van der Waals surface area contributed by atoms with E-state index in [1.807, 2.05) is 18.2 Å². The maximum atomic E-state index is 12.2. The lowest BCUT2D eigenvalue weighted by molar-refractivity contribution is 0.0437. The third-order valence-corrected chi connectivity index (χ3v) is 4.30. The highest BCUT2D eigenvalue weighted by Crippen LogP contribution is 2.29. The number of para-hydroxylation sites is 1. The first-order chi connectivity index (χ1) is 13.4. The molecule has 0 aliphatic rings. The summed E-state index contributed by atoms with van der Waals surface area (Å²) in [7, 11) is -1.88. The molecule has 0 spiro atoms. The Bertz CT molecular complexity index is 1090. The van der Waals surface area contributed by atoms with E-state index in [9.17, 15) is 13.2 Å². The largest absolute Gasteiger partial charge is 0.496 e. The van der Waals surface area contributed by atoms with Crippen molar-refractivity contribution in [1.82, 2.24) is 5.16 Å². The van der Waals surface area contributed by atoms with E-state index in [0.29, 0.717) is 17.2 Å². The standard InChI is InChI=1S/C19H18N2O6S/c1-25-18-9-4-3-8-16(18)17-11-15(27-20-17)12-26-19(22)13-6-5-7-14(10-13)21-28(2,23)24/h3-11,21H,12H2,1-2H3. The first-order valence-electron chi connectivity index (χ1n) is 8.19. The minimum Gasteiger partial charge on any atom is -0.496 e. The molecule has 1 N–H and O–H groups in total. The zero-order chi connectivity index (χ0) is 20.1. The Kier molecular flexibility index (Phi) is 5.65. The summed E-state index contributed by atoms with van der Waals surface area (Å²) in [4.78, 5) is 12.2. The van der Waals surface area contributed by atoms with Crippen LogP contribution < -0.4 is 9.46 Å². The maximum Gasteiger partial charge on any atom is 0.338 e. The topological polar surface area (TPSA) is 108 Å². The molecule has 3 rings (SSSR count). The van der Waals surface area contributed by atoms with E-state index in [0.717, 1.165) is 11.8 Å². The lowest BCUT2D eigenvalue weighted by atomic mass is 10.1. The predicted molar refractivity (Wildman–Crippen MR) is 103 cm³/mol. The highest BCUT2D eigenvalue weighted by molar-refractivity contribution is 7.92. The van der Waals surface area contributed by atoms with Gasteiger partial charge in [0.1, 0.15) is 11.4 Å². The number of hydrogen-bond acceptors (Lipinski definition) is 7. The minimum absolute atomic E-state index is 0.120. The lowest BCUT2D eigenvalue weighted by Gasteiger charge is -2.06. The van der Waals surface area contributed by atoms with E-state index < -0.39 is 16.0 Å². The van der Waals surface area contributed by atoms with Gasteiger partial charge in [0.2, 0.25) is 10.0 Å². The number of esters is 1. The van der Waals surface area contributed by atoms with Gasteiger partial charge in [-0.25, -0.2) is 13.2 Å². The van der Waals surface area contributed by atoms with Gasteiger partial charge >= 0.3 is 5.97 Å². The number of carbonyl (C=O) groups is 1. The Morgan fingerprint density at radius 2 is 1.93 bits per heavy atom. The Morgan fingerprint density at radius 3 is 2.68 bits per heavy atom. The summed E-state index contributed by atoms with van der Waals surface area (Å²) >= 11 is 0. The van der Waals surface area contributed by atoms with Crippen LogP contribution in [0, 0.1) is 0 Å². The summed E-state index contributed by atoms with van der Waals surface area (Å²) < 4.78 is 40.6. The molecule has 2 aromatic carbocycles. The van der Waals surface area contributed by atoms with Gasteiger partial charge in [0, 0.05) is 17.3 Å². The SMILES string of the molecule is COc1ccccc1-c1cc(COC(=O)c2cccc(NS(C)(=O)=O)c2)on1. The van der Waals surface area contributed by atoms with Crippen molar-refractivity contribution in [3.63, 3.8) is 0 Å². The highest BCUT2D eigenvalue weighted by atomic mass is 32.2. The second kappa shape index (κ2) is 8.13. The van der Waals surface area contributed by atoms with Gasteiger partial charge in [0.25, 0.3) is 0 Å². The fraction of sp³-hybridized carbons (Fsp3) is 0.158. The fourth-order valence-corrected chi connectivity index (χ4v) is 3.06. The third-order valence-electron chi connectivity index (χ3n) is 3.69. The van der Waals surface area contributed by atoms with E-state index in [1.54, 1.807) is 25.3 Å². The van der Waals surface area contributed by atoms with Crippen LogP contribution in [0.25, 0.3) is 11.3 Å². The van der Waals surface area contributed by atoms with Crippen LogP contribution in [-0.2, 0) is 21.4 Å². The lowest BCUT2D eigenvalue weighted by Crippen LogP contribution is -2.11. The molecule has 0 radical (unpaired) electrons. The number of aromatic nitrogens is 1. The van der Waals surface area contributed by atoms with Crippen LogP contribution in [0.1, 0.15) is 16.1 Å². The molecule has 0 aliphatic carbocycles. The first-order valence-corrected chi connectivity index (χ1v) is 10.1. The van der Waals surface area contributed by atoms with E-state index in [1.165, 1.54) is 18.2 Å². The van der Waals surface area contributed by atoms with E-state index >= 15 is 0 Å². The molecule has 0 unspecified atom stereocenters. The van der Waals surface area contributed by atoms with Gasteiger partial charge in [0.05, 0.1) is 18.9 Å². The van der Waals surface area contributed by atoms with Crippen LogP contribution in [0.5, 0.6) is 5.75 Å². The van der Waals surface area contributed by atoms with Crippen molar-refractivity contribution in [2.45, 2.75) is 6.61 Å². The van der Waals surface area contributed by atoms with Crippen LogP contribution in [0.2, 0.25) is 0 Å². The number of ether oxygens (including phenoxy) is 2. The highest BCUT2D eigenvalue weighted by Gasteiger charge is 2.14. The Balaban J connectivity index is 1.67. The molecule has 8 nitrogen and oxygen atoms in total. The second-order valence-corrected chi connectivity index (χ2v) is 7.66. The smallest absolute Gasteiger partial charge is 0.338 e. The number of nitrogens with one attached hydrogen (secondary N) is 1. The number of nitrogens with zero attached hydrogens (tertiary/aromatic N) is 1. The van der Waals surface area contributed by atoms with E-state index in [-0.39, 0.29) is 17.9 Å². The summed E-state index contributed by atoms with van der Waals surface area (Å²) in [6, 6.07) is 15.0. The molecule has 0 aliphatic heterocycles. The molecular weight excluding hydrogens is 384 g/mol. The molecule has 0 atom stereocenters. The van der Waals surface area contributed by atoms with Gasteiger partial charge in [-0.1, -0.05) is 23.4 Å². The van der Waals surface area contributed by atoms with Crippen molar-refractivity contribution < 1.29 is 27.2 Å². The molecule has 0 saturated heterocycles. The van der Waals surface area contributed by atoms with Crippen LogP contribution in [0.3, 0.4) is 0 Å². The maximum absolute atomic E-state index is 12.2. The molecule has 146 valence electrons. The molecule has 0 amide bonds. The van der Waals surface area contributed by atoms with Crippen molar-refractivity contribution >= 4 is 21.7 Å². The van der Waals surface area contributed by atoms with Crippen molar-refractivity contribution in [3.8, 4) is 17.0 Å². The van der Waals surface area contributed by atoms with Crippen LogP contribution >= 0.6 is 0 Å². The molecule has 28 heavy (non-hydrogen) atoms. The molecule has 3 aromatic rings. The summed E-state index contributed by atoms with van der Waals surface area (Å²) in [5, 5.41) is 3.98. The predicted octanol–water partition coefficient (Wildman–Crippen LogP) is 3.08. The number of methoxy groups -OCH3 is 1. The van der Waals surface area contributed by atoms with Gasteiger partial charge in [-0.05, 0) is 30.3 Å². The quantitative estimate of drug-likeness (QED) is 0.605. The molecule has 0 saturated carbocycles. The van der Waals surface area contributed by atoms with Crippen LogP contribution in [0.15, 0.2) is 59.1 Å². The average molecular weight is 402 g/mol. The van der Waals surface area contributed by atoms with Crippen LogP contribution in [0.4, 0.5) is 5.69 Å². The van der Waals surface area contributed by atoms with Gasteiger partial charge in [0.15, 0.2) is 12.4 Å². The normalized spacial score (nSPS) is 11.1. The molecule has 0 bridgehead atoms. The second-order valence-electron chi connectivity index (χ2n) is 5.91. The summed E-state index contributed by atoms with van der Waals surface area (Å²) in [5.41, 5.74) is 1.79. The number of rotatable bonds is 7. The van der Waals surface area contributed by atoms with Gasteiger partial charge in [-0.3, -0.25) is 4.72 Å². The van der Waals surface area contributed by atoms with Crippen LogP contribution in [-0.4, -0.2) is 32.9 Å². The van der Waals surface area contributed by atoms with Crippen molar-refractivity contribution in [2.24, 2.45) is 0 Å². The number of carbonyl (C=O) groups excluding carboxylic acids is 1. The Labute approximate surface area is 162 Å². The molecule has 1 aromatic heterocycles. The zero-order valence-corrected chi connectivity index (χ0v) is 16.0. The third kappa shape index (κ3) is 4.89. The summed E-state index contributed by atoms with van der Waals surface area (Å²) in [5.74, 6) is 0.390. The zero-order valence-electron chi connectivity index (χ0n) is 15.2. The fourth-order valence-electron chi connectivity index (χ4n) is 2.51. The van der Waals surface area contributed by atoms with E-state index in [4.69, 9.17) is 14.0 Å². The number of hydrogen-bond donors (Lipinski definition) is 1. The average Bonchev–Trinajstić information content (AvgIpc) is 3.13. The van der Waals surface area contributed by atoms with Gasteiger partial charge in [-0.15, -0.1) is 0 Å². The molecule has 0 fully saturated rings. The molecule has 1 heterocycles. The molecule has 9 heteroatoms. The molecular formula is C19H18N2O6S. The van der Waals surface area contributed by atoms with E-state index in [2.05, 4.69) is 9.88 Å². The number of benzene rings is 2. The van der Waals surface area contributed by atoms with Crippen molar-refractivity contribution in [1.29, 1.82) is 0 Å². The first kappa shape index (κ1) is 19.4. The van der Waals surface area contributed by atoms with Gasteiger partial charge in [-0.2, -0.15) is 0 Å². The minimum atomic E-state index is -3.44.